The standard InChI is InChI=1S/C17H17N3O5/c1-17(10-18,11-6-7-11)19-14(21)9-24-15(22)8-20-12-4-2-3-5-13(12)25-16(20)23/h2-5,11H,6-9H2,1H3,(H,19,21)/t17-/m1/s1. The summed E-state index contributed by atoms with van der Waals surface area (Å²) >= 11 is 0. The van der Waals surface area contributed by atoms with Crippen LogP contribution < -0.4 is 11.1 Å². The Labute approximate surface area is 143 Å². The van der Waals surface area contributed by atoms with Crippen LogP contribution in [0.1, 0.15) is 19.8 Å². The van der Waals surface area contributed by atoms with E-state index in [0.29, 0.717) is 11.1 Å². The highest BCUT2D eigenvalue weighted by molar-refractivity contribution is 5.82. The maximum Gasteiger partial charge on any atom is 0.420 e. The third-order valence-corrected chi connectivity index (χ3v) is 4.25. The minimum atomic E-state index is -0.943. The summed E-state index contributed by atoms with van der Waals surface area (Å²) in [7, 11) is 0. The molecular formula is C17H17N3O5. The van der Waals surface area contributed by atoms with E-state index in [2.05, 4.69) is 11.4 Å². The number of hydrogen-bond acceptors (Lipinski definition) is 6. The van der Waals surface area contributed by atoms with Gasteiger partial charge >= 0.3 is 11.7 Å². The zero-order chi connectivity index (χ0) is 18.0. The lowest BCUT2D eigenvalue weighted by Crippen LogP contribution is -2.48. The molecule has 1 aromatic carbocycles. The van der Waals surface area contributed by atoms with E-state index in [4.69, 9.17) is 9.15 Å². The normalized spacial score (nSPS) is 16.0. The van der Waals surface area contributed by atoms with Crippen molar-refractivity contribution < 1.29 is 18.7 Å². The number of benzene rings is 1. The summed E-state index contributed by atoms with van der Waals surface area (Å²) in [5, 5.41) is 11.8. The quantitative estimate of drug-likeness (QED) is 0.781. The van der Waals surface area contributed by atoms with Gasteiger partial charge in [0.15, 0.2) is 12.2 Å². The molecule has 8 heteroatoms. The third-order valence-electron chi connectivity index (χ3n) is 4.25. The van der Waals surface area contributed by atoms with E-state index >= 15 is 0 Å². The van der Waals surface area contributed by atoms with Crippen LogP contribution in [0.5, 0.6) is 0 Å². The Morgan fingerprint density at radius 1 is 1.44 bits per heavy atom. The second-order valence-corrected chi connectivity index (χ2v) is 6.22. The Hall–Kier alpha value is -3.08. The molecule has 1 aromatic heterocycles. The SMILES string of the molecule is C[C@](C#N)(NC(=O)COC(=O)Cn1c(=O)oc2ccccc21)C1CC1. The molecule has 0 saturated heterocycles. The Morgan fingerprint density at radius 3 is 2.84 bits per heavy atom. The van der Waals surface area contributed by atoms with E-state index in [9.17, 15) is 19.6 Å². The van der Waals surface area contributed by atoms with Crippen molar-refractivity contribution in [1.29, 1.82) is 5.26 Å². The van der Waals surface area contributed by atoms with Crippen molar-refractivity contribution in [2.45, 2.75) is 31.8 Å². The summed E-state index contributed by atoms with van der Waals surface area (Å²) < 4.78 is 11.1. The number of ether oxygens (including phenoxy) is 1. The number of hydrogen-bond donors (Lipinski definition) is 1. The van der Waals surface area contributed by atoms with Crippen LogP contribution in [0.25, 0.3) is 11.1 Å². The summed E-state index contributed by atoms with van der Waals surface area (Å²) in [6.45, 7) is 0.788. The van der Waals surface area contributed by atoms with Gasteiger partial charge in [-0.3, -0.25) is 14.2 Å². The minimum absolute atomic E-state index is 0.132. The van der Waals surface area contributed by atoms with Gasteiger partial charge in [0.1, 0.15) is 12.1 Å². The van der Waals surface area contributed by atoms with Crippen LogP contribution in [0.15, 0.2) is 33.5 Å². The van der Waals surface area contributed by atoms with Crippen LogP contribution in [0.3, 0.4) is 0 Å². The fourth-order valence-electron chi connectivity index (χ4n) is 2.69. The summed E-state index contributed by atoms with van der Waals surface area (Å²) in [4.78, 5) is 35.6. The number of esters is 1. The van der Waals surface area contributed by atoms with Crippen LogP contribution in [-0.2, 0) is 20.9 Å². The fraction of sp³-hybridized carbons (Fsp3) is 0.412. The second kappa shape index (κ2) is 6.43. The first-order valence-corrected chi connectivity index (χ1v) is 7.89. The predicted molar refractivity (Wildman–Crippen MR) is 86.3 cm³/mol. The van der Waals surface area contributed by atoms with Gasteiger partial charge in [0, 0.05) is 0 Å². The van der Waals surface area contributed by atoms with E-state index in [0.717, 1.165) is 17.4 Å². The molecule has 1 saturated carbocycles. The lowest BCUT2D eigenvalue weighted by molar-refractivity contribution is -0.149. The molecule has 0 radical (unpaired) electrons. The number of carbonyl (C=O) groups excluding carboxylic acids is 2. The van der Waals surface area contributed by atoms with Gasteiger partial charge < -0.3 is 14.5 Å². The molecule has 1 heterocycles. The molecule has 1 aliphatic rings. The van der Waals surface area contributed by atoms with Gasteiger partial charge in [-0.1, -0.05) is 12.1 Å². The summed E-state index contributed by atoms with van der Waals surface area (Å²) in [6.07, 6.45) is 1.78. The number of aromatic nitrogens is 1. The highest BCUT2D eigenvalue weighted by Gasteiger charge is 2.43. The molecule has 0 bridgehead atoms. The van der Waals surface area contributed by atoms with Gasteiger partial charge in [0.25, 0.3) is 5.91 Å². The largest absolute Gasteiger partial charge is 0.454 e. The molecule has 130 valence electrons. The molecule has 3 rings (SSSR count). The molecule has 0 unspecified atom stereocenters. The molecule has 1 amide bonds. The van der Waals surface area contributed by atoms with Gasteiger partial charge in [-0.05, 0) is 37.8 Å². The molecule has 8 nitrogen and oxygen atoms in total. The average molecular weight is 343 g/mol. The third kappa shape index (κ3) is 3.55. The molecule has 0 aliphatic heterocycles. The van der Waals surface area contributed by atoms with Crippen LogP contribution in [0.2, 0.25) is 0 Å². The van der Waals surface area contributed by atoms with Gasteiger partial charge in [-0.2, -0.15) is 5.26 Å². The number of para-hydroxylation sites is 2. The van der Waals surface area contributed by atoms with Gasteiger partial charge in [-0.15, -0.1) is 0 Å². The second-order valence-electron chi connectivity index (χ2n) is 6.22. The zero-order valence-electron chi connectivity index (χ0n) is 13.7. The number of carbonyl (C=O) groups is 2. The maximum absolute atomic E-state index is 11.9. The molecule has 0 spiro atoms. The molecule has 1 fully saturated rings. The summed E-state index contributed by atoms with van der Waals surface area (Å²) in [5.74, 6) is -1.83. The zero-order valence-corrected chi connectivity index (χ0v) is 13.7. The van der Waals surface area contributed by atoms with Gasteiger partial charge in [0.05, 0.1) is 11.6 Å². The van der Waals surface area contributed by atoms with Crippen LogP contribution in [-0.4, -0.2) is 28.6 Å². The lowest BCUT2D eigenvalue weighted by Gasteiger charge is -2.22. The first kappa shape index (κ1) is 16.8. The van der Waals surface area contributed by atoms with Crippen molar-refractivity contribution in [3.05, 3.63) is 34.8 Å². The number of oxazole rings is 1. The Kier molecular flexibility index (Phi) is 4.31. The predicted octanol–water partition coefficient (Wildman–Crippen LogP) is 0.946. The molecule has 2 aromatic rings. The number of amides is 1. The van der Waals surface area contributed by atoms with Crippen LogP contribution >= 0.6 is 0 Å². The van der Waals surface area contributed by atoms with Crippen LogP contribution in [0.4, 0.5) is 0 Å². The van der Waals surface area contributed by atoms with E-state index in [1.807, 2.05) is 0 Å². The fourth-order valence-corrected chi connectivity index (χ4v) is 2.69. The number of fused-ring (bicyclic) bond motifs is 1. The number of nitrogens with zero attached hydrogens (tertiary/aromatic N) is 2. The van der Waals surface area contributed by atoms with Crippen molar-refractivity contribution >= 4 is 23.0 Å². The van der Waals surface area contributed by atoms with Gasteiger partial charge in [0.2, 0.25) is 0 Å². The molecule has 1 aliphatic carbocycles. The summed E-state index contributed by atoms with van der Waals surface area (Å²) in [5.41, 5.74) is -0.103. The lowest BCUT2D eigenvalue weighted by atomic mass is 9.98. The van der Waals surface area contributed by atoms with Crippen LogP contribution in [0, 0.1) is 17.2 Å². The highest BCUT2D eigenvalue weighted by atomic mass is 16.5. The number of nitriles is 1. The Bertz CT molecular complexity index is 918. The van der Waals surface area contributed by atoms with Crippen molar-refractivity contribution in [3.63, 3.8) is 0 Å². The molecule has 25 heavy (non-hydrogen) atoms. The Morgan fingerprint density at radius 2 is 2.16 bits per heavy atom. The van der Waals surface area contributed by atoms with E-state index in [-0.39, 0.29) is 12.5 Å². The highest BCUT2D eigenvalue weighted by Crippen LogP contribution is 2.39. The monoisotopic (exact) mass is 343 g/mol. The molecular weight excluding hydrogens is 326 g/mol. The number of rotatable bonds is 6. The van der Waals surface area contributed by atoms with Crippen molar-refractivity contribution in [2.24, 2.45) is 5.92 Å². The maximum atomic E-state index is 11.9. The minimum Gasteiger partial charge on any atom is -0.454 e. The first-order valence-electron chi connectivity index (χ1n) is 7.89. The molecule has 1 N–H and O–H groups in total. The molecule has 1 atom stereocenters. The Balaban J connectivity index is 1.58. The topological polar surface area (TPSA) is 114 Å². The van der Waals surface area contributed by atoms with Crippen molar-refractivity contribution in [3.8, 4) is 6.07 Å². The number of nitrogens with one attached hydrogen (secondary N) is 1. The van der Waals surface area contributed by atoms with E-state index < -0.39 is 29.8 Å². The smallest absolute Gasteiger partial charge is 0.420 e. The van der Waals surface area contributed by atoms with E-state index in [1.54, 1.807) is 31.2 Å². The van der Waals surface area contributed by atoms with Gasteiger partial charge in [-0.25, -0.2) is 4.79 Å². The van der Waals surface area contributed by atoms with Crippen molar-refractivity contribution in [1.82, 2.24) is 9.88 Å². The average Bonchev–Trinajstić information content (AvgIpc) is 3.40. The van der Waals surface area contributed by atoms with E-state index in [1.165, 1.54) is 0 Å². The van der Waals surface area contributed by atoms with Crippen molar-refractivity contribution in [2.75, 3.05) is 6.61 Å². The summed E-state index contributed by atoms with van der Waals surface area (Å²) in [6, 6.07) is 8.79. The first-order chi connectivity index (χ1) is 11.9.